The van der Waals surface area contributed by atoms with Crippen molar-refractivity contribution in [2.75, 3.05) is 0 Å². The molecule has 1 nitrogen and oxygen atoms in total. The van der Waals surface area contributed by atoms with Crippen LogP contribution in [-0.2, 0) is 0 Å². The highest BCUT2D eigenvalue weighted by molar-refractivity contribution is 14.1. The van der Waals surface area contributed by atoms with Crippen LogP contribution >= 0.6 is 33.9 Å². The molecule has 2 aromatic rings. The summed E-state index contributed by atoms with van der Waals surface area (Å²) >= 11 is 4.16. The van der Waals surface area contributed by atoms with Gasteiger partial charge in [-0.3, -0.25) is 0 Å². The van der Waals surface area contributed by atoms with Crippen LogP contribution in [0.2, 0.25) is 0 Å². The number of thiophene rings is 1. The molecule has 16 heavy (non-hydrogen) atoms. The Kier molecular flexibility index (Phi) is 3.66. The highest BCUT2D eigenvalue weighted by Crippen LogP contribution is 2.30. The summed E-state index contributed by atoms with van der Waals surface area (Å²) in [6.07, 6.45) is 0. The van der Waals surface area contributed by atoms with Gasteiger partial charge in [-0.15, -0.1) is 11.3 Å². The van der Waals surface area contributed by atoms with Gasteiger partial charge in [0.05, 0.1) is 6.04 Å². The molecule has 0 amide bonds. The fourth-order valence-corrected chi connectivity index (χ4v) is 3.55. The molecule has 0 fully saturated rings. The van der Waals surface area contributed by atoms with Gasteiger partial charge in [0.1, 0.15) is 0 Å². The summed E-state index contributed by atoms with van der Waals surface area (Å²) in [4.78, 5) is 2.65. The standard InChI is InChI=1S/C13H14INS/c1-8-7-11(9(2)16-8)13(15)10-5-3-4-6-12(10)14/h3-7,13H,15H2,1-2H3. The van der Waals surface area contributed by atoms with Gasteiger partial charge in [0.2, 0.25) is 0 Å². The fourth-order valence-electron chi connectivity index (χ4n) is 1.85. The molecule has 2 N–H and O–H groups in total. The number of aryl methyl sites for hydroxylation is 2. The van der Waals surface area contributed by atoms with Crippen molar-refractivity contribution in [1.82, 2.24) is 0 Å². The molecule has 1 heterocycles. The molecular formula is C13H14INS. The van der Waals surface area contributed by atoms with Crippen LogP contribution < -0.4 is 5.73 Å². The van der Waals surface area contributed by atoms with E-state index in [-0.39, 0.29) is 6.04 Å². The van der Waals surface area contributed by atoms with Crippen LogP contribution in [0.4, 0.5) is 0 Å². The Morgan fingerprint density at radius 1 is 1.19 bits per heavy atom. The first-order valence-electron chi connectivity index (χ1n) is 5.16. The Morgan fingerprint density at radius 2 is 1.88 bits per heavy atom. The lowest BCUT2D eigenvalue weighted by Gasteiger charge is -2.13. The Bertz CT molecular complexity index is 504. The number of benzene rings is 1. The van der Waals surface area contributed by atoms with Crippen LogP contribution in [-0.4, -0.2) is 0 Å². The zero-order valence-electron chi connectivity index (χ0n) is 9.33. The maximum absolute atomic E-state index is 6.33. The number of nitrogens with two attached hydrogens (primary N) is 1. The minimum Gasteiger partial charge on any atom is -0.320 e. The van der Waals surface area contributed by atoms with E-state index in [0.717, 1.165) is 0 Å². The molecule has 84 valence electrons. The number of hydrogen-bond donors (Lipinski definition) is 1. The van der Waals surface area contributed by atoms with E-state index < -0.39 is 0 Å². The minimum absolute atomic E-state index is 0.00181. The fraction of sp³-hybridized carbons (Fsp3) is 0.231. The van der Waals surface area contributed by atoms with Crippen molar-refractivity contribution in [1.29, 1.82) is 0 Å². The average Bonchev–Trinajstić information content (AvgIpc) is 2.58. The Morgan fingerprint density at radius 3 is 2.44 bits per heavy atom. The van der Waals surface area contributed by atoms with E-state index in [1.54, 1.807) is 0 Å². The summed E-state index contributed by atoms with van der Waals surface area (Å²) in [5.74, 6) is 0. The predicted molar refractivity (Wildman–Crippen MR) is 79.0 cm³/mol. The Hall–Kier alpha value is -0.390. The molecule has 0 aliphatic carbocycles. The molecular weight excluding hydrogens is 329 g/mol. The molecule has 0 saturated heterocycles. The van der Waals surface area contributed by atoms with E-state index in [2.05, 4.69) is 54.6 Å². The van der Waals surface area contributed by atoms with Gasteiger partial charge in [0.25, 0.3) is 0 Å². The predicted octanol–water partition coefficient (Wildman–Crippen LogP) is 4.02. The van der Waals surface area contributed by atoms with Crippen LogP contribution in [0.1, 0.15) is 26.9 Å². The second-order valence-corrected chi connectivity index (χ2v) is 6.49. The van der Waals surface area contributed by atoms with Gasteiger partial charge >= 0.3 is 0 Å². The van der Waals surface area contributed by atoms with Crippen molar-refractivity contribution >= 4 is 33.9 Å². The number of halogens is 1. The van der Waals surface area contributed by atoms with Gasteiger partial charge in [-0.25, -0.2) is 0 Å². The van der Waals surface area contributed by atoms with Gasteiger partial charge in [-0.05, 0) is 59.7 Å². The van der Waals surface area contributed by atoms with Crippen molar-refractivity contribution in [3.8, 4) is 0 Å². The van der Waals surface area contributed by atoms with E-state index in [1.807, 2.05) is 23.5 Å². The van der Waals surface area contributed by atoms with Gasteiger partial charge in [-0.1, -0.05) is 18.2 Å². The van der Waals surface area contributed by atoms with E-state index in [9.17, 15) is 0 Å². The first-order valence-corrected chi connectivity index (χ1v) is 7.06. The van der Waals surface area contributed by atoms with Crippen molar-refractivity contribution < 1.29 is 0 Å². The van der Waals surface area contributed by atoms with E-state index in [0.29, 0.717) is 0 Å². The maximum Gasteiger partial charge on any atom is 0.0573 e. The molecule has 0 aliphatic rings. The first-order chi connectivity index (χ1) is 7.59. The quantitative estimate of drug-likeness (QED) is 0.819. The highest BCUT2D eigenvalue weighted by atomic mass is 127. The Labute approximate surface area is 114 Å². The molecule has 0 spiro atoms. The molecule has 1 unspecified atom stereocenters. The van der Waals surface area contributed by atoms with Crippen molar-refractivity contribution in [3.63, 3.8) is 0 Å². The smallest absolute Gasteiger partial charge is 0.0573 e. The van der Waals surface area contributed by atoms with Gasteiger partial charge < -0.3 is 5.73 Å². The zero-order chi connectivity index (χ0) is 11.7. The van der Waals surface area contributed by atoms with Crippen molar-refractivity contribution in [2.24, 2.45) is 5.73 Å². The molecule has 0 aliphatic heterocycles. The summed E-state index contributed by atoms with van der Waals surface area (Å²) in [6.45, 7) is 4.27. The van der Waals surface area contributed by atoms with Gasteiger partial charge in [0, 0.05) is 13.3 Å². The van der Waals surface area contributed by atoms with Crippen molar-refractivity contribution in [2.45, 2.75) is 19.9 Å². The SMILES string of the molecule is Cc1cc(C(N)c2ccccc2I)c(C)s1. The van der Waals surface area contributed by atoms with Crippen LogP contribution in [0.3, 0.4) is 0 Å². The lowest BCUT2D eigenvalue weighted by Crippen LogP contribution is -2.13. The molecule has 1 aromatic carbocycles. The molecule has 1 aromatic heterocycles. The largest absolute Gasteiger partial charge is 0.320 e. The lowest BCUT2D eigenvalue weighted by atomic mass is 10.0. The van der Waals surface area contributed by atoms with E-state index >= 15 is 0 Å². The first kappa shape index (κ1) is 12.1. The molecule has 3 heteroatoms. The maximum atomic E-state index is 6.33. The monoisotopic (exact) mass is 343 g/mol. The Balaban J connectivity index is 2.43. The second-order valence-electron chi connectivity index (χ2n) is 3.87. The molecule has 0 saturated carbocycles. The topological polar surface area (TPSA) is 26.0 Å². The average molecular weight is 343 g/mol. The van der Waals surface area contributed by atoms with Crippen LogP contribution in [0, 0.1) is 17.4 Å². The third-order valence-electron chi connectivity index (χ3n) is 2.65. The third kappa shape index (κ3) is 2.31. The minimum atomic E-state index is -0.00181. The van der Waals surface area contributed by atoms with E-state index in [4.69, 9.17) is 5.73 Å². The molecule has 0 bridgehead atoms. The van der Waals surface area contributed by atoms with Crippen molar-refractivity contribution in [3.05, 3.63) is 54.8 Å². The second kappa shape index (κ2) is 4.85. The normalized spacial score (nSPS) is 12.8. The number of hydrogen-bond acceptors (Lipinski definition) is 2. The van der Waals surface area contributed by atoms with Crippen LogP contribution in [0.15, 0.2) is 30.3 Å². The lowest BCUT2D eigenvalue weighted by molar-refractivity contribution is 0.862. The molecule has 1 atom stereocenters. The zero-order valence-corrected chi connectivity index (χ0v) is 12.3. The van der Waals surface area contributed by atoms with E-state index in [1.165, 1.54) is 24.5 Å². The highest BCUT2D eigenvalue weighted by Gasteiger charge is 2.15. The third-order valence-corrected chi connectivity index (χ3v) is 4.62. The van der Waals surface area contributed by atoms with Crippen LogP contribution in [0.25, 0.3) is 0 Å². The summed E-state index contributed by atoms with van der Waals surface area (Å²) in [6, 6.07) is 10.5. The summed E-state index contributed by atoms with van der Waals surface area (Å²) in [7, 11) is 0. The molecule has 0 radical (unpaired) electrons. The van der Waals surface area contributed by atoms with Gasteiger partial charge in [-0.2, -0.15) is 0 Å². The summed E-state index contributed by atoms with van der Waals surface area (Å²) in [5, 5.41) is 0. The van der Waals surface area contributed by atoms with Gasteiger partial charge in [0.15, 0.2) is 0 Å². The number of rotatable bonds is 2. The summed E-state index contributed by atoms with van der Waals surface area (Å²) < 4.78 is 1.23. The molecule has 2 rings (SSSR count). The van der Waals surface area contributed by atoms with Crippen LogP contribution in [0.5, 0.6) is 0 Å². The summed E-state index contributed by atoms with van der Waals surface area (Å²) in [5.41, 5.74) is 8.80.